The van der Waals surface area contributed by atoms with Crippen LogP contribution in [0, 0.1) is 5.41 Å². The second-order valence-corrected chi connectivity index (χ2v) is 4.57. The molecule has 0 unspecified atom stereocenters. The molecule has 0 aliphatic heterocycles. The Balaban J connectivity index is 1.78. The number of amides is 2. The minimum atomic E-state index is -0.115. The van der Waals surface area contributed by atoms with Crippen molar-refractivity contribution in [1.82, 2.24) is 10.6 Å². The van der Waals surface area contributed by atoms with E-state index in [1.807, 2.05) is 12.1 Å². The molecule has 5 heteroatoms. The molecule has 1 fully saturated rings. The fourth-order valence-corrected chi connectivity index (χ4v) is 1.77. The van der Waals surface area contributed by atoms with E-state index >= 15 is 0 Å². The lowest BCUT2D eigenvalue weighted by Crippen LogP contribution is -2.44. The van der Waals surface area contributed by atoms with Crippen molar-refractivity contribution < 1.29 is 4.79 Å². The van der Waals surface area contributed by atoms with Crippen molar-refractivity contribution in [3.05, 3.63) is 35.4 Å². The van der Waals surface area contributed by atoms with Crippen LogP contribution in [0.2, 0.25) is 0 Å². The molecule has 0 heterocycles. The van der Waals surface area contributed by atoms with E-state index in [9.17, 15) is 4.79 Å². The Bertz CT molecular complexity index is 437. The number of nitrogen functional groups attached to an aromatic ring is 1. The standard InChI is InChI=1S/C13H18N4O/c14-12(15)10-6-4-9(5-7-10)8-16-13(18)17-11-2-1-3-11/h4-7,11H,1-3,8H2,(H3,14,15)(H2,16,17,18). The smallest absolute Gasteiger partial charge is 0.315 e. The molecule has 5 N–H and O–H groups in total. The van der Waals surface area contributed by atoms with Crippen LogP contribution >= 0.6 is 0 Å². The second kappa shape index (κ2) is 5.53. The number of urea groups is 1. The molecule has 0 atom stereocenters. The van der Waals surface area contributed by atoms with Gasteiger partial charge in [-0.2, -0.15) is 0 Å². The lowest BCUT2D eigenvalue weighted by Gasteiger charge is -2.26. The predicted molar refractivity (Wildman–Crippen MR) is 70.5 cm³/mol. The van der Waals surface area contributed by atoms with Gasteiger partial charge in [0.25, 0.3) is 0 Å². The first kappa shape index (κ1) is 12.4. The van der Waals surface area contributed by atoms with Crippen molar-refractivity contribution in [2.45, 2.75) is 31.8 Å². The van der Waals surface area contributed by atoms with E-state index in [0.29, 0.717) is 18.2 Å². The lowest BCUT2D eigenvalue weighted by molar-refractivity contribution is 0.228. The minimum absolute atomic E-state index is 0.0530. The minimum Gasteiger partial charge on any atom is -0.384 e. The van der Waals surface area contributed by atoms with Gasteiger partial charge in [0, 0.05) is 18.2 Å². The van der Waals surface area contributed by atoms with E-state index in [4.69, 9.17) is 11.1 Å². The average Bonchev–Trinajstić information content (AvgIpc) is 2.32. The van der Waals surface area contributed by atoms with Crippen LogP contribution in [-0.4, -0.2) is 17.9 Å². The number of nitrogens with one attached hydrogen (secondary N) is 3. The third kappa shape index (κ3) is 3.23. The van der Waals surface area contributed by atoms with E-state index < -0.39 is 0 Å². The molecule has 2 amide bonds. The predicted octanol–water partition coefficient (Wildman–Crippen LogP) is 1.32. The molecule has 0 saturated heterocycles. The van der Waals surface area contributed by atoms with E-state index in [2.05, 4.69) is 10.6 Å². The van der Waals surface area contributed by atoms with Gasteiger partial charge in [-0.15, -0.1) is 0 Å². The van der Waals surface area contributed by atoms with Crippen LogP contribution in [0.3, 0.4) is 0 Å². The summed E-state index contributed by atoms with van der Waals surface area (Å²) in [7, 11) is 0. The van der Waals surface area contributed by atoms with Crippen LogP contribution < -0.4 is 16.4 Å². The lowest BCUT2D eigenvalue weighted by atomic mass is 9.93. The maximum Gasteiger partial charge on any atom is 0.315 e. The summed E-state index contributed by atoms with van der Waals surface area (Å²) in [6.07, 6.45) is 3.37. The van der Waals surface area contributed by atoms with Crippen molar-refractivity contribution in [1.29, 1.82) is 5.41 Å². The summed E-state index contributed by atoms with van der Waals surface area (Å²) in [5.74, 6) is 0.0530. The number of nitrogens with two attached hydrogens (primary N) is 1. The average molecular weight is 246 g/mol. The molecular weight excluding hydrogens is 228 g/mol. The monoisotopic (exact) mass is 246 g/mol. The number of amidine groups is 1. The van der Waals surface area contributed by atoms with Gasteiger partial charge in [0.15, 0.2) is 0 Å². The summed E-state index contributed by atoms with van der Waals surface area (Å²) < 4.78 is 0. The zero-order chi connectivity index (χ0) is 13.0. The first-order valence-electron chi connectivity index (χ1n) is 6.13. The van der Waals surface area contributed by atoms with Crippen molar-refractivity contribution in [3.8, 4) is 0 Å². The molecule has 2 rings (SSSR count). The summed E-state index contributed by atoms with van der Waals surface area (Å²) in [5, 5.41) is 13.0. The van der Waals surface area contributed by atoms with E-state index in [1.165, 1.54) is 6.42 Å². The molecule has 1 aromatic carbocycles. The van der Waals surface area contributed by atoms with Crippen LogP contribution in [0.15, 0.2) is 24.3 Å². The third-order valence-corrected chi connectivity index (χ3v) is 3.16. The highest BCUT2D eigenvalue weighted by Gasteiger charge is 2.18. The first-order valence-corrected chi connectivity index (χ1v) is 6.13. The Morgan fingerprint density at radius 1 is 1.33 bits per heavy atom. The van der Waals surface area contributed by atoms with Gasteiger partial charge >= 0.3 is 6.03 Å². The van der Waals surface area contributed by atoms with Gasteiger partial charge in [0.05, 0.1) is 0 Å². The molecule has 5 nitrogen and oxygen atoms in total. The molecule has 96 valence electrons. The van der Waals surface area contributed by atoms with Crippen molar-refractivity contribution in [3.63, 3.8) is 0 Å². The van der Waals surface area contributed by atoms with Gasteiger partial charge in [-0.3, -0.25) is 5.41 Å². The summed E-state index contributed by atoms with van der Waals surface area (Å²) in [6, 6.07) is 7.52. The van der Waals surface area contributed by atoms with E-state index in [1.54, 1.807) is 12.1 Å². The van der Waals surface area contributed by atoms with Crippen LogP contribution in [0.1, 0.15) is 30.4 Å². The van der Waals surface area contributed by atoms with Gasteiger partial charge in [0.1, 0.15) is 5.84 Å². The van der Waals surface area contributed by atoms with Gasteiger partial charge in [0.2, 0.25) is 0 Å². The van der Waals surface area contributed by atoms with Gasteiger partial charge < -0.3 is 16.4 Å². The zero-order valence-corrected chi connectivity index (χ0v) is 10.2. The first-order chi connectivity index (χ1) is 8.65. The van der Waals surface area contributed by atoms with Gasteiger partial charge in [-0.25, -0.2) is 4.79 Å². The van der Waals surface area contributed by atoms with E-state index in [0.717, 1.165) is 18.4 Å². The summed E-state index contributed by atoms with van der Waals surface area (Å²) in [4.78, 5) is 11.5. The van der Waals surface area contributed by atoms with E-state index in [-0.39, 0.29) is 11.9 Å². The molecule has 1 aliphatic carbocycles. The molecule has 0 radical (unpaired) electrons. The van der Waals surface area contributed by atoms with Crippen molar-refractivity contribution in [2.24, 2.45) is 5.73 Å². The molecule has 0 spiro atoms. The number of carbonyl (C=O) groups is 1. The number of benzene rings is 1. The summed E-state index contributed by atoms with van der Waals surface area (Å²) >= 11 is 0. The maximum absolute atomic E-state index is 11.5. The quantitative estimate of drug-likeness (QED) is 0.476. The Morgan fingerprint density at radius 2 is 2.00 bits per heavy atom. The summed E-state index contributed by atoms with van der Waals surface area (Å²) in [5.41, 5.74) is 7.05. The number of hydrogen-bond acceptors (Lipinski definition) is 2. The largest absolute Gasteiger partial charge is 0.384 e. The van der Waals surface area contributed by atoms with Crippen LogP contribution in [-0.2, 0) is 6.54 Å². The van der Waals surface area contributed by atoms with Crippen molar-refractivity contribution in [2.75, 3.05) is 0 Å². The Morgan fingerprint density at radius 3 is 2.50 bits per heavy atom. The Hall–Kier alpha value is -2.04. The fourth-order valence-electron chi connectivity index (χ4n) is 1.77. The highest BCUT2D eigenvalue weighted by molar-refractivity contribution is 5.94. The third-order valence-electron chi connectivity index (χ3n) is 3.16. The Kier molecular flexibility index (Phi) is 3.82. The maximum atomic E-state index is 11.5. The van der Waals surface area contributed by atoms with Crippen LogP contribution in [0.25, 0.3) is 0 Å². The van der Waals surface area contributed by atoms with Crippen molar-refractivity contribution >= 4 is 11.9 Å². The molecule has 0 aromatic heterocycles. The molecule has 1 saturated carbocycles. The fraction of sp³-hybridized carbons (Fsp3) is 0.385. The Labute approximate surface area is 106 Å². The number of rotatable bonds is 4. The summed E-state index contributed by atoms with van der Waals surface area (Å²) in [6.45, 7) is 0.483. The van der Waals surface area contributed by atoms with Gasteiger partial charge in [-0.1, -0.05) is 24.3 Å². The molecule has 1 aliphatic rings. The van der Waals surface area contributed by atoms with Gasteiger partial charge in [-0.05, 0) is 24.8 Å². The normalized spacial score (nSPS) is 14.7. The topological polar surface area (TPSA) is 91.0 Å². The zero-order valence-electron chi connectivity index (χ0n) is 10.2. The molecular formula is C13H18N4O. The second-order valence-electron chi connectivity index (χ2n) is 4.57. The SMILES string of the molecule is N=C(N)c1ccc(CNC(=O)NC2CCC2)cc1. The molecule has 0 bridgehead atoms. The molecule has 1 aromatic rings. The number of hydrogen-bond donors (Lipinski definition) is 4. The van der Waals surface area contributed by atoms with Crippen LogP contribution in [0.4, 0.5) is 4.79 Å². The molecule has 18 heavy (non-hydrogen) atoms. The number of carbonyl (C=O) groups excluding carboxylic acids is 1. The van der Waals surface area contributed by atoms with Crippen LogP contribution in [0.5, 0.6) is 0 Å². The highest BCUT2D eigenvalue weighted by Crippen LogP contribution is 2.17. The highest BCUT2D eigenvalue weighted by atomic mass is 16.2.